The summed E-state index contributed by atoms with van der Waals surface area (Å²) in [5.74, 6) is 0.564. The van der Waals surface area contributed by atoms with E-state index in [1.807, 2.05) is 0 Å². The molecule has 0 radical (unpaired) electrons. The Morgan fingerprint density at radius 1 is 1.17 bits per heavy atom. The molecule has 1 unspecified atom stereocenters. The summed E-state index contributed by atoms with van der Waals surface area (Å²) in [6.07, 6.45) is 6.69. The summed E-state index contributed by atoms with van der Waals surface area (Å²) in [5, 5.41) is 5.66. The third kappa shape index (κ3) is 3.84. The van der Waals surface area contributed by atoms with Gasteiger partial charge in [-0.15, -0.1) is 0 Å². The first kappa shape index (κ1) is 15.9. The van der Waals surface area contributed by atoms with E-state index in [2.05, 4.69) is 27.2 Å². The Bertz CT molecular complexity index is 739. The molecule has 2 N–H and O–H groups in total. The zero-order valence-electron chi connectivity index (χ0n) is 13.1. The lowest BCUT2D eigenvalue weighted by Gasteiger charge is -2.16. The molecule has 0 bridgehead atoms. The van der Waals surface area contributed by atoms with Crippen LogP contribution in [-0.2, 0) is 4.79 Å². The summed E-state index contributed by atoms with van der Waals surface area (Å²) < 4.78 is 0. The molecule has 122 valence electrons. The molecule has 0 aliphatic heterocycles. The third-order valence-corrected chi connectivity index (χ3v) is 3.84. The molecule has 1 heterocycles. The molecule has 1 aliphatic carbocycles. The number of hydrogen-bond donors (Lipinski definition) is 2. The van der Waals surface area contributed by atoms with Crippen LogP contribution in [0.3, 0.4) is 0 Å². The summed E-state index contributed by atoms with van der Waals surface area (Å²) in [4.78, 5) is 32.3. The lowest BCUT2D eigenvalue weighted by molar-refractivity contribution is -0.111. The van der Waals surface area contributed by atoms with Crippen molar-refractivity contribution in [3.63, 3.8) is 0 Å². The second kappa shape index (κ2) is 7.04. The van der Waals surface area contributed by atoms with E-state index in [9.17, 15) is 9.59 Å². The first-order valence-corrected chi connectivity index (χ1v) is 7.78. The summed E-state index contributed by atoms with van der Waals surface area (Å²) in [7, 11) is 0. The fourth-order valence-electron chi connectivity index (χ4n) is 2.42. The van der Waals surface area contributed by atoms with Crippen LogP contribution in [0.5, 0.6) is 0 Å². The largest absolute Gasteiger partial charge is 0.342 e. The normalized spacial score (nSPS) is 14.5. The van der Waals surface area contributed by atoms with Gasteiger partial charge < -0.3 is 10.6 Å². The Morgan fingerprint density at radius 3 is 2.42 bits per heavy atom. The molecule has 1 aromatic heterocycles. The van der Waals surface area contributed by atoms with Crippen molar-refractivity contribution in [1.29, 1.82) is 0 Å². The van der Waals surface area contributed by atoms with E-state index in [1.165, 1.54) is 6.08 Å². The summed E-state index contributed by atoms with van der Waals surface area (Å²) in [5.41, 5.74) is 1.13. The number of nitrogens with one attached hydrogen (secondary N) is 2. The molecule has 1 fully saturated rings. The second-order valence-corrected chi connectivity index (χ2v) is 5.67. The van der Waals surface area contributed by atoms with Gasteiger partial charge in [-0.2, -0.15) is 0 Å². The standard InChI is InChI=1S/C18H18N4O2/c1-2-15(23)21-14-8-6-13(7-9-14)18(24)22-16(12-4-5-12)17-19-10-3-11-20-17/h2-3,6-12,16H,1,4-5H2,(H,21,23)(H,22,24). The predicted molar refractivity (Wildman–Crippen MR) is 90.2 cm³/mol. The molecule has 1 atom stereocenters. The van der Waals surface area contributed by atoms with Gasteiger partial charge in [0.15, 0.2) is 5.82 Å². The number of nitrogens with zero attached hydrogens (tertiary/aromatic N) is 2. The highest BCUT2D eigenvalue weighted by Crippen LogP contribution is 2.39. The predicted octanol–water partition coefficient (Wildman–Crippen LogP) is 2.48. The zero-order chi connectivity index (χ0) is 16.9. The fourth-order valence-corrected chi connectivity index (χ4v) is 2.42. The Balaban J connectivity index is 1.69. The van der Waals surface area contributed by atoms with E-state index in [-0.39, 0.29) is 17.9 Å². The van der Waals surface area contributed by atoms with Gasteiger partial charge in [0, 0.05) is 23.6 Å². The van der Waals surface area contributed by atoms with Gasteiger partial charge in [0.25, 0.3) is 5.91 Å². The number of carbonyl (C=O) groups excluding carboxylic acids is 2. The number of carbonyl (C=O) groups is 2. The molecule has 24 heavy (non-hydrogen) atoms. The zero-order valence-corrected chi connectivity index (χ0v) is 13.1. The monoisotopic (exact) mass is 322 g/mol. The molecule has 6 heteroatoms. The van der Waals surface area contributed by atoms with Crippen LogP contribution in [0.4, 0.5) is 5.69 Å². The number of benzene rings is 1. The van der Waals surface area contributed by atoms with Gasteiger partial charge in [0.2, 0.25) is 5.91 Å². The molecule has 2 amide bonds. The van der Waals surface area contributed by atoms with Crippen molar-refractivity contribution in [2.45, 2.75) is 18.9 Å². The van der Waals surface area contributed by atoms with E-state index < -0.39 is 0 Å². The van der Waals surface area contributed by atoms with E-state index >= 15 is 0 Å². The van der Waals surface area contributed by atoms with E-state index in [4.69, 9.17) is 0 Å². The SMILES string of the molecule is C=CC(=O)Nc1ccc(C(=O)NC(c2ncccn2)C2CC2)cc1. The Kier molecular flexibility index (Phi) is 4.65. The average Bonchev–Trinajstić information content (AvgIpc) is 3.45. The minimum atomic E-state index is -0.290. The quantitative estimate of drug-likeness (QED) is 0.800. The maximum atomic E-state index is 12.5. The van der Waals surface area contributed by atoms with Crippen LogP contribution >= 0.6 is 0 Å². The number of anilines is 1. The molecule has 3 rings (SSSR count). The lowest BCUT2D eigenvalue weighted by atomic mass is 10.1. The molecule has 2 aromatic rings. The Morgan fingerprint density at radius 2 is 1.83 bits per heavy atom. The number of amides is 2. The van der Waals surface area contributed by atoms with E-state index in [0.717, 1.165) is 12.8 Å². The van der Waals surface area contributed by atoms with Crippen molar-refractivity contribution < 1.29 is 9.59 Å². The number of aromatic nitrogens is 2. The summed E-state index contributed by atoms with van der Waals surface area (Å²) >= 11 is 0. The van der Waals surface area contributed by atoms with E-state index in [1.54, 1.807) is 42.7 Å². The van der Waals surface area contributed by atoms with Crippen LogP contribution in [0, 0.1) is 5.92 Å². The summed E-state index contributed by atoms with van der Waals surface area (Å²) in [6, 6.07) is 8.29. The van der Waals surface area contributed by atoms with Crippen molar-refractivity contribution in [2.75, 3.05) is 5.32 Å². The molecule has 1 saturated carbocycles. The van der Waals surface area contributed by atoms with Gasteiger partial charge in [-0.05, 0) is 55.2 Å². The average molecular weight is 322 g/mol. The van der Waals surface area contributed by atoms with Crippen molar-refractivity contribution >= 4 is 17.5 Å². The first-order valence-electron chi connectivity index (χ1n) is 7.78. The smallest absolute Gasteiger partial charge is 0.251 e. The van der Waals surface area contributed by atoms with Gasteiger partial charge in [-0.1, -0.05) is 6.58 Å². The van der Waals surface area contributed by atoms with Crippen molar-refractivity contribution in [1.82, 2.24) is 15.3 Å². The van der Waals surface area contributed by atoms with Crippen molar-refractivity contribution in [3.8, 4) is 0 Å². The highest BCUT2D eigenvalue weighted by molar-refractivity contribution is 5.99. The van der Waals surface area contributed by atoms with Gasteiger partial charge in [0.1, 0.15) is 0 Å². The first-order chi connectivity index (χ1) is 11.7. The molecule has 0 spiro atoms. The van der Waals surface area contributed by atoms with Crippen LogP contribution in [0.2, 0.25) is 0 Å². The molecular formula is C18H18N4O2. The van der Waals surface area contributed by atoms with E-state index in [0.29, 0.717) is 23.0 Å². The minimum absolute atomic E-state index is 0.168. The minimum Gasteiger partial charge on any atom is -0.342 e. The maximum Gasteiger partial charge on any atom is 0.251 e. The fraction of sp³-hybridized carbons (Fsp3) is 0.222. The van der Waals surface area contributed by atoms with Crippen LogP contribution in [0.25, 0.3) is 0 Å². The van der Waals surface area contributed by atoms with Crippen LogP contribution in [0.1, 0.15) is 35.1 Å². The highest BCUT2D eigenvalue weighted by Gasteiger charge is 2.35. The van der Waals surface area contributed by atoms with Gasteiger partial charge >= 0.3 is 0 Å². The third-order valence-electron chi connectivity index (χ3n) is 3.84. The van der Waals surface area contributed by atoms with Crippen LogP contribution in [0.15, 0.2) is 55.4 Å². The van der Waals surface area contributed by atoms with Crippen molar-refractivity contribution in [3.05, 3.63) is 66.8 Å². The van der Waals surface area contributed by atoms with Gasteiger partial charge in [0.05, 0.1) is 6.04 Å². The Hall–Kier alpha value is -3.02. The molecule has 6 nitrogen and oxygen atoms in total. The summed E-state index contributed by atoms with van der Waals surface area (Å²) in [6.45, 7) is 3.40. The highest BCUT2D eigenvalue weighted by atomic mass is 16.2. The van der Waals surface area contributed by atoms with Crippen LogP contribution < -0.4 is 10.6 Å². The van der Waals surface area contributed by atoms with Crippen LogP contribution in [-0.4, -0.2) is 21.8 Å². The van der Waals surface area contributed by atoms with Crippen molar-refractivity contribution in [2.24, 2.45) is 5.92 Å². The second-order valence-electron chi connectivity index (χ2n) is 5.67. The molecule has 1 aliphatic rings. The van der Waals surface area contributed by atoms with Gasteiger partial charge in [-0.3, -0.25) is 9.59 Å². The lowest BCUT2D eigenvalue weighted by Crippen LogP contribution is -2.31. The number of rotatable bonds is 6. The maximum absolute atomic E-state index is 12.5. The topological polar surface area (TPSA) is 84.0 Å². The number of hydrogen-bond acceptors (Lipinski definition) is 4. The van der Waals surface area contributed by atoms with Gasteiger partial charge in [-0.25, -0.2) is 9.97 Å². The Labute approximate surface area is 140 Å². The molecule has 0 saturated heterocycles. The molecule has 1 aromatic carbocycles. The molecular weight excluding hydrogens is 304 g/mol.